The van der Waals surface area contributed by atoms with Crippen molar-refractivity contribution in [3.8, 4) is 0 Å². The standard InChI is InChI=1S/C21H23FN8O2/c1-23-18-8-16(28-19-12(9-24-30(18)19)20(31)25-14-7-13(14)22)26-15-3-2-4-17(27-15)29-6-5-21(29)10-32-11-21/h2-4,8-9,13-14,23H,5-7,10-11H2,1H3,(H,25,31)(H,26,27,28)/t13-,14+/m1/s1. The zero-order chi connectivity index (χ0) is 21.9. The van der Waals surface area contributed by atoms with Crippen molar-refractivity contribution >= 4 is 34.8 Å². The molecule has 3 N–H and O–H groups in total. The lowest BCUT2D eigenvalue weighted by atomic mass is 9.83. The fourth-order valence-corrected chi connectivity index (χ4v) is 4.23. The molecule has 3 aromatic heterocycles. The Labute approximate surface area is 183 Å². The van der Waals surface area contributed by atoms with Crippen molar-refractivity contribution in [2.24, 2.45) is 0 Å². The average Bonchev–Trinajstić information content (AvgIpc) is 3.24. The lowest BCUT2D eigenvalue weighted by Gasteiger charge is -2.58. The molecule has 0 bridgehead atoms. The van der Waals surface area contributed by atoms with E-state index >= 15 is 0 Å². The Morgan fingerprint density at radius 1 is 1.28 bits per heavy atom. The van der Waals surface area contributed by atoms with Crippen molar-refractivity contribution in [3.05, 3.63) is 36.0 Å². The number of hydrogen-bond donors (Lipinski definition) is 3. The van der Waals surface area contributed by atoms with E-state index in [2.05, 4.69) is 30.9 Å². The van der Waals surface area contributed by atoms with Gasteiger partial charge in [0.1, 0.15) is 35.0 Å². The van der Waals surface area contributed by atoms with Crippen molar-refractivity contribution in [2.75, 3.05) is 42.3 Å². The van der Waals surface area contributed by atoms with Gasteiger partial charge in [-0.1, -0.05) is 6.07 Å². The molecule has 2 atom stereocenters. The van der Waals surface area contributed by atoms with E-state index in [0.29, 0.717) is 35.1 Å². The van der Waals surface area contributed by atoms with E-state index < -0.39 is 12.2 Å². The summed E-state index contributed by atoms with van der Waals surface area (Å²) < 4.78 is 20.2. The van der Waals surface area contributed by atoms with Crippen molar-refractivity contribution < 1.29 is 13.9 Å². The molecule has 1 amide bonds. The molecule has 0 unspecified atom stereocenters. The lowest BCUT2D eigenvalue weighted by Crippen LogP contribution is -2.71. The van der Waals surface area contributed by atoms with Crippen molar-refractivity contribution in [3.63, 3.8) is 0 Å². The van der Waals surface area contributed by atoms with Crippen LogP contribution in [0.5, 0.6) is 0 Å². The number of aromatic nitrogens is 4. The molecule has 2 saturated heterocycles. The molecule has 3 fully saturated rings. The molecule has 5 heterocycles. The molecule has 32 heavy (non-hydrogen) atoms. The lowest BCUT2D eigenvalue weighted by molar-refractivity contribution is -0.0851. The van der Waals surface area contributed by atoms with Gasteiger partial charge in [0.25, 0.3) is 5.91 Å². The van der Waals surface area contributed by atoms with Gasteiger partial charge in [-0.15, -0.1) is 0 Å². The van der Waals surface area contributed by atoms with Gasteiger partial charge in [-0.2, -0.15) is 9.61 Å². The highest BCUT2D eigenvalue weighted by Crippen LogP contribution is 2.40. The van der Waals surface area contributed by atoms with Crippen LogP contribution in [0.15, 0.2) is 30.5 Å². The Balaban J connectivity index is 1.29. The molecule has 166 valence electrons. The Kier molecular flexibility index (Phi) is 4.22. The number of rotatable bonds is 6. The maximum Gasteiger partial charge on any atom is 0.257 e. The summed E-state index contributed by atoms with van der Waals surface area (Å²) in [4.78, 5) is 24.2. The van der Waals surface area contributed by atoms with E-state index in [1.165, 1.54) is 6.20 Å². The average molecular weight is 438 g/mol. The molecular weight excluding hydrogens is 415 g/mol. The van der Waals surface area contributed by atoms with Crippen LogP contribution in [-0.4, -0.2) is 70.0 Å². The molecular formula is C21H23FN8O2. The Bertz CT molecular complexity index is 1200. The Morgan fingerprint density at radius 2 is 2.12 bits per heavy atom. The molecule has 6 rings (SSSR count). The van der Waals surface area contributed by atoms with Gasteiger partial charge in [0, 0.05) is 26.1 Å². The van der Waals surface area contributed by atoms with E-state index in [1.807, 2.05) is 18.2 Å². The summed E-state index contributed by atoms with van der Waals surface area (Å²) in [6, 6.07) is 7.18. The molecule has 0 radical (unpaired) electrons. The molecule has 3 aliphatic rings. The number of alkyl halides is 1. The monoisotopic (exact) mass is 438 g/mol. The van der Waals surface area contributed by atoms with Crippen molar-refractivity contribution in [2.45, 2.75) is 30.6 Å². The summed E-state index contributed by atoms with van der Waals surface area (Å²) in [6.07, 6.45) is 1.93. The fourth-order valence-electron chi connectivity index (χ4n) is 4.23. The quantitative estimate of drug-likeness (QED) is 0.534. The Morgan fingerprint density at radius 3 is 2.78 bits per heavy atom. The minimum atomic E-state index is -0.978. The number of carbonyl (C=O) groups excluding carboxylic acids is 1. The summed E-state index contributed by atoms with van der Waals surface area (Å²) in [7, 11) is 1.76. The third kappa shape index (κ3) is 3.03. The van der Waals surface area contributed by atoms with Crippen LogP contribution in [0.25, 0.3) is 5.65 Å². The highest BCUT2D eigenvalue weighted by molar-refractivity contribution is 6.00. The van der Waals surface area contributed by atoms with E-state index in [0.717, 1.165) is 32.0 Å². The first-order chi connectivity index (χ1) is 15.6. The zero-order valence-electron chi connectivity index (χ0n) is 17.5. The smallest absolute Gasteiger partial charge is 0.257 e. The van der Waals surface area contributed by atoms with E-state index in [9.17, 15) is 9.18 Å². The van der Waals surface area contributed by atoms with Gasteiger partial charge in [-0.3, -0.25) is 4.79 Å². The summed E-state index contributed by atoms with van der Waals surface area (Å²) in [6.45, 7) is 2.45. The van der Waals surface area contributed by atoms with Crippen LogP contribution in [0.1, 0.15) is 23.2 Å². The topological polar surface area (TPSA) is 109 Å². The number of carbonyl (C=O) groups is 1. The third-order valence-corrected chi connectivity index (χ3v) is 6.38. The van der Waals surface area contributed by atoms with E-state index in [-0.39, 0.29) is 11.4 Å². The maximum atomic E-state index is 13.2. The van der Waals surface area contributed by atoms with Crippen LogP contribution in [0.4, 0.5) is 27.7 Å². The predicted octanol–water partition coefficient (Wildman–Crippen LogP) is 1.73. The summed E-state index contributed by atoms with van der Waals surface area (Å²) in [5, 5.41) is 13.3. The normalized spacial score (nSPS) is 22.9. The van der Waals surface area contributed by atoms with Crippen LogP contribution in [0.2, 0.25) is 0 Å². The van der Waals surface area contributed by atoms with E-state index in [4.69, 9.17) is 9.72 Å². The van der Waals surface area contributed by atoms with Crippen LogP contribution in [0.3, 0.4) is 0 Å². The van der Waals surface area contributed by atoms with Gasteiger partial charge >= 0.3 is 0 Å². The number of hydrogen-bond acceptors (Lipinski definition) is 8. The van der Waals surface area contributed by atoms with Crippen molar-refractivity contribution in [1.82, 2.24) is 24.9 Å². The zero-order valence-corrected chi connectivity index (χ0v) is 17.5. The molecule has 3 aromatic rings. The van der Waals surface area contributed by atoms with Crippen LogP contribution in [-0.2, 0) is 4.74 Å². The van der Waals surface area contributed by atoms with Crippen LogP contribution in [0, 0.1) is 0 Å². The number of halogens is 1. The minimum absolute atomic E-state index is 0.0993. The minimum Gasteiger partial charge on any atom is -0.376 e. The number of fused-ring (bicyclic) bond motifs is 1. The van der Waals surface area contributed by atoms with Gasteiger partial charge in [-0.05, 0) is 18.6 Å². The van der Waals surface area contributed by atoms with E-state index in [1.54, 1.807) is 17.6 Å². The summed E-state index contributed by atoms with van der Waals surface area (Å²) >= 11 is 0. The second kappa shape index (κ2) is 7.02. The predicted molar refractivity (Wildman–Crippen MR) is 116 cm³/mol. The highest BCUT2D eigenvalue weighted by atomic mass is 19.1. The second-order valence-corrected chi connectivity index (χ2v) is 8.53. The first-order valence-corrected chi connectivity index (χ1v) is 10.7. The number of nitrogens with one attached hydrogen (secondary N) is 3. The molecule has 11 heteroatoms. The number of anilines is 4. The van der Waals surface area contributed by atoms with Crippen LogP contribution >= 0.6 is 0 Å². The molecule has 1 aliphatic carbocycles. The summed E-state index contributed by atoms with van der Waals surface area (Å²) in [5.41, 5.74) is 0.762. The van der Waals surface area contributed by atoms with Gasteiger partial charge in [-0.25, -0.2) is 14.4 Å². The Hall–Kier alpha value is -3.47. The third-order valence-electron chi connectivity index (χ3n) is 6.38. The molecule has 10 nitrogen and oxygen atoms in total. The second-order valence-electron chi connectivity index (χ2n) is 8.53. The fraction of sp³-hybridized carbons (Fsp3) is 0.429. The number of amides is 1. The largest absolute Gasteiger partial charge is 0.376 e. The van der Waals surface area contributed by atoms with Gasteiger partial charge in [0.2, 0.25) is 0 Å². The van der Waals surface area contributed by atoms with Gasteiger partial charge < -0.3 is 25.6 Å². The number of nitrogens with zero attached hydrogens (tertiary/aromatic N) is 5. The van der Waals surface area contributed by atoms with Crippen molar-refractivity contribution in [1.29, 1.82) is 0 Å². The number of ether oxygens (including phenoxy) is 1. The number of pyridine rings is 1. The SMILES string of the molecule is CNc1cc(Nc2cccc(N3CCC34COC4)n2)nc2c(C(=O)N[C@H]3C[C@H]3F)cnn12. The molecule has 1 saturated carbocycles. The first-order valence-electron chi connectivity index (χ1n) is 10.7. The molecule has 2 aliphatic heterocycles. The van der Waals surface area contributed by atoms with Crippen LogP contribution < -0.4 is 20.9 Å². The molecule has 0 aromatic carbocycles. The highest BCUT2D eigenvalue weighted by Gasteiger charge is 2.51. The van der Waals surface area contributed by atoms with Gasteiger partial charge in [0.05, 0.1) is 31.0 Å². The maximum absolute atomic E-state index is 13.2. The first kappa shape index (κ1) is 19.2. The van der Waals surface area contributed by atoms with Gasteiger partial charge in [0.15, 0.2) is 5.65 Å². The molecule has 1 spiro atoms. The summed E-state index contributed by atoms with van der Waals surface area (Å²) in [5.74, 6) is 2.32.